The summed E-state index contributed by atoms with van der Waals surface area (Å²) in [6.07, 6.45) is 3.20. The fraction of sp³-hybridized carbons (Fsp3) is 0.350. The molecule has 1 aliphatic carbocycles. The number of aliphatic hydroxyl groups is 1. The molecule has 2 aromatic carbocycles. The molecule has 1 aliphatic rings. The summed E-state index contributed by atoms with van der Waals surface area (Å²) in [5, 5.41) is 14.7. The van der Waals surface area contributed by atoms with Crippen molar-refractivity contribution in [2.75, 3.05) is 18.5 Å². The highest BCUT2D eigenvalue weighted by atomic mass is 16.5. The van der Waals surface area contributed by atoms with Crippen LogP contribution < -0.4 is 15.4 Å². The molecule has 0 heterocycles. The van der Waals surface area contributed by atoms with Crippen LogP contribution in [0.4, 0.5) is 10.5 Å². The van der Waals surface area contributed by atoms with Gasteiger partial charge in [-0.15, -0.1) is 0 Å². The van der Waals surface area contributed by atoms with Gasteiger partial charge in [0.15, 0.2) is 0 Å². The van der Waals surface area contributed by atoms with E-state index in [1.54, 1.807) is 0 Å². The highest BCUT2D eigenvalue weighted by molar-refractivity contribution is 5.90. The molecule has 0 spiro atoms. The molecule has 5 heteroatoms. The van der Waals surface area contributed by atoms with Gasteiger partial charge in [0.1, 0.15) is 5.75 Å². The van der Waals surface area contributed by atoms with E-state index in [0.29, 0.717) is 30.5 Å². The van der Waals surface area contributed by atoms with Crippen molar-refractivity contribution in [3.8, 4) is 5.75 Å². The Labute approximate surface area is 148 Å². The van der Waals surface area contributed by atoms with Gasteiger partial charge >= 0.3 is 6.03 Å². The molecule has 0 saturated heterocycles. The van der Waals surface area contributed by atoms with Crippen LogP contribution in [0.3, 0.4) is 0 Å². The van der Waals surface area contributed by atoms with Crippen LogP contribution in [0.1, 0.15) is 24.0 Å². The lowest BCUT2D eigenvalue weighted by molar-refractivity contribution is 0.252. The van der Waals surface area contributed by atoms with Gasteiger partial charge in [0.2, 0.25) is 0 Å². The number of aliphatic hydroxyl groups excluding tert-OH is 1. The standard InChI is InChI=1S/C20H24N2O3/c23-13-16-7-5-15(6-8-16)11-12-21-20(24)22-18-3-1-2-4-19(18)25-14-17-9-10-17/h1-8,17,23H,9-14H2,(H2,21,22,24). The van der Waals surface area contributed by atoms with Crippen molar-refractivity contribution >= 4 is 11.7 Å². The van der Waals surface area contributed by atoms with Gasteiger partial charge in [-0.3, -0.25) is 0 Å². The van der Waals surface area contributed by atoms with Gasteiger partial charge in [-0.2, -0.15) is 0 Å². The molecule has 0 aromatic heterocycles. The van der Waals surface area contributed by atoms with Crippen molar-refractivity contribution in [3.05, 3.63) is 59.7 Å². The topological polar surface area (TPSA) is 70.6 Å². The van der Waals surface area contributed by atoms with E-state index in [-0.39, 0.29) is 12.6 Å². The van der Waals surface area contributed by atoms with Gasteiger partial charge in [0.05, 0.1) is 18.9 Å². The van der Waals surface area contributed by atoms with E-state index in [2.05, 4.69) is 10.6 Å². The molecule has 2 aromatic rings. The molecule has 1 saturated carbocycles. The molecule has 0 atom stereocenters. The molecule has 0 radical (unpaired) electrons. The lowest BCUT2D eigenvalue weighted by atomic mass is 10.1. The van der Waals surface area contributed by atoms with Crippen molar-refractivity contribution in [1.29, 1.82) is 0 Å². The first-order valence-corrected chi connectivity index (χ1v) is 8.70. The molecule has 3 N–H and O–H groups in total. The van der Waals surface area contributed by atoms with E-state index in [9.17, 15) is 4.79 Å². The monoisotopic (exact) mass is 340 g/mol. The lowest BCUT2D eigenvalue weighted by Gasteiger charge is -2.13. The summed E-state index contributed by atoms with van der Waals surface area (Å²) in [5.41, 5.74) is 2.69. The second-order valence-corrected chi connectivity index (χ2v) is 6.36. The summed E-state index contributed by atoms with van der Waals surface area (Å²) in [6, 6.07) is 15.0. The summed E-state index contributed by atoms with van der Waals surface area (Å²) < 4.78 is 5.79. The smallest absolute Gasteiger partial charge is 0.319 e. The zero-order chi connectivity index (χ0) is 17.5. The van der Waals surface area contributed by atoms with E-state index in [1.807, 2.05) is 48.5 Å². The molecule has 2 amide bonds. The maximum Gasteiger partial charge on any atom is 0.319 e. The molecule has 0 bridgehead atoms. The molecule has 0 unspecified atom stereocenters. The van der Waals surface area contributed by atoms with Crippen LogP contribution >= 0.6 is 0 Å². The van der Waals surface area contributed by atoms with Crippen LogP contribution in [-0.4, -0.2) is 24.3 Å². The average Bonchev–Trinajstić information content (AvgIpc) is 3.46. The molecule has 3 rings (SSSR count). The number of para-hydroxylation sites is 2. The van der Waals surface area contributed by atoms with Gasteiger partial charge in [-0.25, -0.2) is 4.79 Å². The summed E-state index contributed by atoms with van der Waals surface area (Å²) in [5.74, 6) is 1.38. The SMILES string of the molecule is O=C(NCCc1ccc(CO)cc1)Nc1ccccc1OCC1CC1. The minimum Gasteiger partial charge on any atom is -0.491 e. The van der Waals surface area contributed by atoms with Crippen molar-refractivity contribution in [2.45, 2.75) is 25.9 Å². The second-order valence-electron chi connectivity index (χ2n) is 6.36. The van der Waals surface area contributed by atoms with E-state index < -0.39 is 0 Å². The molecule has 25 heavy (non-hydrogen) atoms. The number of ether oxygens (including phenoxy) is 1. The number of hydrogen-bond donors (Lipinski definition) is 3. The zero-order valence-corrected chi connectivity index (χ0v) is 14.2. The van der Waals surface area contributed by atoms with E-state index in [4.69, 9.17) is 9.84 Å². The van der Waals surface area contributed by atoms with Crippen LogP contribution in [0.15, 0.2) is 48.5 Å². The quantitative estimate of drug-likeness (QED) is 0.690. The third-order valence-corrected chi connectivity index (χ3v) is 4.21. The van der Waals surface area contributed by atoms with Gasteiger partial charge in [0.25, 0.3) is 0 Å². The van der Waals surface area contributed by atoms with Crippen LogP contribution in [0, 0.1) is 5.92 Å². The predicted molar refractivity (Wildman–Crippen MR) is 97.8 cm³/mol. The third kappa shape index (κ3) is 5.50. The number of carbonyl (C=O) groups is 1. The Morgan fingerprint density at radius 1 is 1.08 bits per heavy atom. The maximum atomic E-state index is 12.1. The number of nitrogens with one attached hydrogen (secondary N) is 2. The highest BCUT2D eigenvalue weighted by Crippen LogP contribution is 2.31. The van der Waals surface area contributed by atoms with E-state index >= 15 is 0 Å². The van der Waals surface area contributed by atoms with E-state index in [1.165, 1.54) is 12.8 Å². The summed E-state index contributed by atoms with van der Waals surface area (Å²) in [7, 11) is 0. The van der Waals surface area contributed by atoms with Gasteiger partial charge < -0.3 is 20.5 Å². The number of carbonyl (C=O) groups excluding carboxylic acids is 1. The van der Waals surface area contributed by atoms with Crippen LogP contribution in [0.2, 0.25) is 0 Å². The van der Waals surface area contributed by atoms with Crippen molar-refractivity contribution in [2.24, 2.45) is 5.92 Å². The molecule has 1 fully saturated rings. The van der Waals surface area contributed by atoms with E-state index in [0.717, 1.165) is 17.5 Å². The van der Waals surface area contributed by atoms with Gasteiger partial charge in [-0.1, -0.05) is 36.4 Å². The zero-order valence-electron chi connectivity index (χ0n) is 14.2. The Balaban J connectivity index is 1.45. The van der Waals surface area contributed by atoms with Gasteiger partial charge in [-0.05, 0) is 48.4 Å². The molecule has 132 valence electrons. The molecular weight excluding hydrogens is 316 g/mol. The third-order valence-electron chi connectivity index (χ3n) is 4.21. The van der Waals surface area contributed by atoms with Crippen LogP contribution in [0.5, 0.6) is 5.75 Å². The lowest BCUT2D eigenvalue weighted by Crippen LogP contribution is -2.30. The van der Waals surface area contributed by atoms with Crippen molar-refractivity contribution in [3.63, 3.8) is 0 Å². The summed E-state index contributed by atoms with van der Waals surface area (Å²) in [4.78, 5) is 12.1. The summed E-state index contributed by atoms with van der Waals surface area (Å²) in [6.45, 7) is 1.29. The second kappa shape index (κ2) is 8.53. The Morgan fingerprint density at radius 2 is 1.80 bits per heavy atom. The normalized spacial score (nSPS) is 13.3. The highest BCUT2D eigenvalue weighted by Gasteiger charge is 2.22. The molecule has 0 aliphatic heterocycles. The maximum absolute atomic E-state index is 12.1. The van der Waals surface area contributed by atoms with Crippen molar-refractivity contribution in [1.82, 2.24) is 5.32 Å². The van der Waals surface area contributed by atoms with Crippen LogP contribution in [0.25, 0.3) is 0 Å². The fourth-order valence-electron chi connectivity index (χ4n) is 2.49. The van der Waals surface area contributed by atoms with Gasteiger partial charge in [0, 0.05) is 6.54 Å². The number of hydrogen-bond acceptors (Lipinski definition) is 3. The first kappa shape index (κ1) is 17.3. The molecular formula is C20H24N2O3. The minimum atomic E-state index is -0.241. The van der Waals surface area contributed by atoms with Crippen LogP contribution in [-0.2, 0) is 13.0 Å². The number of benzene rings is 2. The minimum absolute atomic E-state index is 0.0448. The molecule has 5 nitrogen and oxygen atoms in total. The Kier molecular flexibility index (Phi) is 5.90. The Morgan fingerprint density at radius 3 is 2.52 bits per heavy atom. The Bertz CT molecular complexity index is 696. The predicted octanol–water partition coefficient (Wildman–Crippen LogP) is 3.33. The Hall–Kier alpha value is -2.53. The fourth-order valence-corrected chi connectivity index (χ4v) is 2.49. The average molecular weight is 340 g/mol. The van der Waals surface area contributed by atoms with Crippen molar-refractivity contribution < 1.29 is 14.6 Å². The number of rotatable bonds is 8. The first-order valence-electron chi connectivity index (χ1n) is 8.70. The number of amides is 2. The summed E-state index contributed by atoms with van der Waals surface area (Å²) >= 11 is 0. The largest absolute Gasteiger partial charge is 0.491 e. The number of urea groups is 1. The first-order chi connectivity index (χ1) is 12.2. The number of anilines is 1.